The topological polar surface area (TPSA) is 78.9 Å². The molecule has 2 N–H and O–H groups in total. The van der Waals surface area contributed by atoms with Crippen LogP contribution in [0.3, 0.4) is 0 Å². The molecule has 0 aromatic rings. The van der Waals surface area contributed by atoms with Crippen LogP contribution in [0.15, 0.2) is 0 Å². The van der Waals surface area contributed by atoms with E-state index in [1.165, 1.54) is 0 Å². The van der Waals surface area contributed by atoms with Gasteiger partial charge in [0, 0.05) is 26.1 Å². The van der Waals surface area contributed by atoms with Crippen molar-refractivity contribution < 1.29 is 19.4 Å². The number of carbonyl (C=O) groups is 2. The maximum absolute atomic E-state index is 12.0. The van der Waals surface area contributed by atoms with E-state index in [-0.39, 0.29) is 6.03 Å². The number of nitrogens with zero attached hydrogens (tertiary/aromatic N) is 1. The molecule has 0 radical (unpaired) electrons. The molecule has 0 aliphatic carbocycles. The summed E-state index contributed by atoms with van der Waals surface area (Å²) in [6, 6.07) is -1.09. The zero-order valence-electron chi connectivity index (χ0n) is 11.4. The lowest BCUT2D eigenvalue weighted by molar-refractivity contribution is -0.139. The Balaban J connectivity index is 2.42. The third-order valence-electron chi connectivity index (χ3n) is 3.18. The van der Waals surface area contributed by atoms with Gasteiger partial charge < -0.3 is 20.1 Å². The van der Waals surface area contributed by atoms with E-state index in [1.807, 2.05) is 6.26 Å². The molecule has 1 aliphatic heterocycles. The molecule has 19 heavy (non-hydrogen) atoms. The Labute approximate surface area is 117 Å². The van der Waals surface area contributed by atoms with Crippen LogP contribution in [0.1, 0.15) is 12.8 Å². The Morgan fingerprint density at radius 2 is 2.32 bits per heavy atom. The number of ether oxygens (including phenoxy) is 1. The number of methoxy groups -OCH3 is 1. The van der Waals surface area contributed by atoms with E-state index in [9.17, 15) is 9.59 Å². The highest BCUT2D eigenvalue weighted by atomic mass is 32.2. The molecule has 0 saturated carbocycles. The van der Waals surface area contributed by atoms with Gasteiger partial charge in [0.25, 0.3) is 0 Å². The molecule has 0 aromatic heterocycles. The van der Waals surface area contributed by atoms with Crippen LogP contribution in [0.2, 0.25) is 0 Å². The number of urea groups is 1. The minimum Gasteiger partial charge on any atom is -0.480 e. The first-order valence-corrected chi connectivity index (χ1v) is 7.74. The molecule has 0 aromatic carbocycles. The molecule has 2 amide bonds. The van der Waals surface area contributed by atoms with E-state index in [0.29, 0.717) is 37.8 Å². The molecule has 110 valence electrons. The second-order valence-electron chi connectivity index (χ2n) is 4.68. The number of likely N-dealkylation sites (tertiary alicyclic amines) is 1. The third-order valence-corrected chi connectivity index (χ3v) is 3.83. The lowest BCUT2D eigenvalue weighted by Crippen LogP contribution is -2.47. The zero-order chi connectivity index (χ0) is 14.3. The lowest BCUT2D eigenvalue weighted by Gasteiger charge is -2.21. The van der Waals surface area contributed by atoms with Gasteiger partial charge in [-0.15, -0.1) is 0 Å². The van der Waals surface area contributed by atoms with Crippen LogP contribution < -0.4 is 5.32 Å². The van der Waals surface area contributed by atoms with Crippen molar-refractivity contribution in [3.05, 3.63) is 0 Å². The number of aliphatic carboxylic acids is 1. The van der Waals surface area contributed by atoms with E-state index >= 15 is 0 Å². The third kappa shape index (κ3) is 5.28. The van der Waals surface area contributed by atoms with Gasteiger partial charge in [-0.25, -0.2) is 9.59 Å². The number of carbonyl (C=O) groups excluding carboxylic acids is 1. The van der Waals surface area contributed by atoms with Gasteiger partial charge in [-0.3, -0.25) is 0 Å². The van der Waals surface area contributed by atoms with Gasteiger partial charge in [0.15, 0.2) is 0 Å². The lowest BCUT2D eigenvalue weighted by atomic mass is 10.1. The number of amides is 2. The fourth-order valence-corrected chi connectivity index (χ4v) is 2.59. The maximum atomic E-state index is 12.0. The maximum Gasteiger partial charge on any atom is 0.326 e. The monoisotopic (exact) mass is 290 g/mol. The van der Waals surface area contributed by atoms with Gasteiger partial charge >= 0.3 is 12.0 Å². The van der Waals surface area contributed by atoms with Gasteiger partial charge in [0.2, 0.25) is 0 Å². The van der Waals surface area contributed by atoms with Crippen LogP contribution in [0.4, 0.5) is 4.79 Å². The van der Waals surface area contributed by atoms with Gasteiger partial charge in [0.1, 0.15) is 6.04 Å². The molecule has 7 heteroatoms. The van der Waals surface area contributed by atoms with Gasteiger partial charge in [-0.05, 0) is 24.9 Å². The van der Waals surface area contributed by atoms with Crippen LogP contribution in [0, 0.1) is 5.92 Å². The Bertz CT molecular complexity index is 314. The number of thioether (sulfide) groups is 1. The summed E-state index contributed by atoms with van der Waals surface area (Å²) in [5.74, 6) is 0.0871. The quantitative estimate of drug-likeness (QED) is 0.727. The average Bonchev–Trinajstić information content (AvgIpc) is 2.83. The van der Waals surface area contributed by atoms with Crippen molar-refractivity contribution >= 4 is 23.8 Å². The second kappa shape index (κ2) is 8.27. The van der Waals surface area contributed by atoms with E-state index in [2.05, 4.69) is 5.32 Å². The summed E-state index contributed by atoms with van der Waals surface area (Å²) in [6.45, 7) is 1.93. The smallest absolute Gasteiger partial charge is 0.326 e. The van der Waals surface area contributed by atoms with Gasteiger partial charge in [-0.1, -0.05) is 0 Å². The summed E-state index contributed by atoms with van der Waals surface area (Å²) in [5.41, 5.74) is 0. The highest BCUT2D eigenvalue weighted by Gasteiger charge is 2.28. The van der Waals surface area contributed by atoms with Gasteiger partial charge in [0.05, 0.1) is 6.61 Å². The fourth-order valence-electron chi connectivity index (χ4n) is 2.12. The summed E-state index contributed by atoms with van der Waals surface area (Å²) in [4.78, 5) is 24.7. The van der Waals surface area contributed by atoms with E-state index in [4.69, 9.17) is 9.84 Å². The molecule has 1 saturated heterocycles. The van der Waals surface area contributed by atoms with Gasteiger partial charge in [-0.2, -0.15) is 11.8 Å². The number of hydrogen-bond donors (Lipinski definition) is 2. The van der Waals surface area contributed by atoms with Crippen LogP contribution in [-0.2, 0) is 9.53 Å². The van der Waals surface area contributed by atoms with Crippen LogP contribution in [-0.4, -0.2) is 66.9 Å². The second-order valence-corrected chi connectivity index (χ2v) is 5.66. The first-order chi connectivity index (χ1) is 9.08. The predicted octanol–water partition coefficient (Wildman–Crippen LogP) is 0.871. The van der Waals surface area contributed by atoms with E-state index in [1.54, 1.807) is 23.8 Å². The highest BCUT2D eigenvalue weighted by molar-refractivity contribution is 7.98. The largest absolute Gasteiger partial charge is 0.480 e. The molecule has 1 heterocycles. The SMILES string of the molecule is COCC1CCN(C(=O)N[C@H](CCSC)C(=O)O)C1. The van der Waals surface area contributed by atoms with Crippen molar-refractivity contribution in [2.24, 2.45) is 5.92 Å². The van der Waals surface area contributed by atoms with Crippen LogP contribution >= 0.6 is 11.8 Å². The Hall–Kier alpha value is -0.950. The molecule has 2 atom stereocenters. The van der Waals surface area contributed by atoms with E-state index < -0.39 is 12.0 Å². The molecule has 6 nitrogen and oxygen atoms in total. The minimum atomic E-state index is -0.977. The molecular formula is C12H22N2O4S. The molecule has 1 unspecified atom stereocenters. The fraction of sp³-hybridized carbons (Fsp3) is 0.833. The molecule has 1 rings (SSSR count). The van der Waals surface area contributed by atoms with Crippen LogP contribution in [0.25, 0.3) is 0 Å². The molecule has 0 spiro atoms. The zero-order valence-corrected chi connectivity index (χ0v) is 12.2. The van der Waals surface area contributed by atoms with E-state index in [0.717, 1.165) is 6.42 Å². The normalized spacial score (nSPS) is 20.3. The van der Waals surface area contributed by atoms with Crippen molar-refractivity contribution in [3.63, 3.8) is 0 Å². The summed E-state index contributed by atoms with van der Waals surface area (Å²) in [7, 11) is 1.64. The number of hydrogen-bond acceptors (Lipinski definition) is 4. The van der Waals surface area contributed by atoms with Crippen molar-refractivity contribution in [2.45, 2.75) is 18.9 Å². The summed E-state index contributed by atoms with van der Waals surface area (Å²) in [5, 5.41) is 11.7. The van der Waals surface area contributed by atoms with Crippen molar-refractivity contribution in [2.75, 3.05) is 38.8 Å². The summed E-state index contributed by atoms with van der Waals surface area (Å²) < 4.78 is 5.07. The summed E-state index contributed by atoms with van der Waals surface area (Å²) in [6.07, 6.45) is 3.26. The number of nitrogens with one attached hydrogen (secondary N) is 1. The first-order valence-electron chi connectivity index (χ1n) is 6.34. The van der Waals surface area contributed by atoms with Crippen LogP contribution in [0.5, 0.6) is 0 Å². The number of carboxylic acid groups (broad SMARTS) is 1. The van der Waals surface area contributed by atoms with Crippen molar-refractivity contribution in [3.8, 4) is 0 Å². The number of carboxylic acids is 1. The predicted molar refractivity (Wildman–Crippen MR) is 74.5 cm³/mol. The summed E-state index contributed by atoms with van der Waals surface area (Å²) >= 11 is 1.57. The Morgan fingerprint density at radius 1 is 1.58 bits per heavy atom. The van der Waals surface area contributed by atoms with Crippen molar-refractivity contribution in [1.82, 2.24) is 10.2 Å². The molecule has 1 aliphatic rings. The standard InChI is InChI=1S/C12H22N2O4S/c1-18-8-9-3-5-14(7-9)12(17)13-10(11(15)16)4-6-19-2/h9-10H,3-8H2,1-2H3,(H,13,17)(H,15,16)/t9?,10-/m1/s1. The number of rotatable bonds is 7. The van der Waals surface area contributed by atoms with Crippen molar-refractivity contribution in [1.29, 1.82) is 0 Å². The first kappa shape index (κ1) is 16.1. The highest BCUT2D eigenvalue weighted by Crippen LogP contribution is 2.16. The minimum absolute atomic E-state index is 0.285. The average molecular weight is 290 g/mol. The molecule has 1 fully saturated rings. The molecule has 0 bridgehead atoms. The molecular weight excluding hydrogens is 268 g/mol. The Morgan fingerprint density at radius 3 is 2.89 bits per heavy atom. The Kier molecular flexibility index (Phi) is 7.01.